The monoisotopic (exact) mass is 350 g/mol. The number of benzene rings is 2. The third kappa shape index (κ3) is 4.38. The summed E-state index contributed by atoms with van der Waals surface area (Å²) in [6.45, 7) is 1.67. The van der Waals surface area contributed by atoms with Crippen molar-refractivity contribution in [2.24, 2.45) is 4.99 Å². The third-order valence-electron chi connectivity index (χ3n) is 3.82. The van der Waals surface area contributed by atoms with E-state index in [2.05, 4.69) is 32.3 Å². The maximum atomic E-state index is 12.5. The Morgan fingerprint density at radius 1 is 1.15 bits per heavy atom. The van der Waals surface area contributed by atoms with Crippen LogP contribution >= 0.6 is 0 Å². The number of carbonyl (C=O) groups is 2. The average molecular weight is 350 g/mol. The number of hydrogen-bond acceptors (Lipinski definition) is 5. The standard InChI is InChI=1S/C19H20N5O2/c1-20-17(25)13-5-2-7-15(11-13)23-18(26)14-6-3-8-16(12-14)24-19-21-9-4-10-22-19/h2-3,6-8,11-12H,4,9-10H2,1H3,(H,20,25)(H,23,26)(H2,21,22,24). The second kappa shape index (κ2) is 8.15. The number of rotatable bonds is 4. The normalized spacial score (nSPS) is 13.2. The quantitative estimate of drug-likeness (QED) is 0.677. The molecule has 1 aliphatic rings. The first-order chi connectivity index (χ1) is 12.7. The molecule has 3 rings (SSSR count). The van der Waals surface area contributed by atoms with Crippen LogP contribution < -0.4 is 21.3 Å². The van der Waals surface area contributed by atoms with E-state index in [-0.39, 0.29) is 11.8 Å². The Bertz CT molecular complexity index is 847. The molecule has 0 unspecified atom stereocenters. The minimum atomic E-state index is -0.263. The van der Waals surface area contributed by atoms with Gasteiger partial charge < -0.3 is 21.3 Å². The number of carbonyl (C=O) groups excluding carboxylic acids is 2. The lowest BCUT2D eigenvalue weighted by Crippen LogP contribution is -2.35. The van der Waals surface area contributed by atoms with Crippen molar-refractivity contribution < 1.29 is 9.59 Å². The fourth-order valence-electron chi connectivity index (χ4n) is 2.50. The zero-order chi connectivity index (χ0) is 18.4. The van der Waals surface area contributed by atoms with Crippen LogP contribution in [-0.2, 0) is 0 Å². The highest BCUT2D eigenvalue weighted by atomic mass is 16.2. The molecule has 0 fully saturated rings. The Kier molecular flexibility index (Phi) is 5.48. The van der Waals surface area contributed by atoms with Crippen LogP contribution in [-0.4, -0.2) is 37.9 Å². The van der Waals surface area contributed by atoms with Gasteiger partial charge in [0.15, 0.2) is 5.96 Å². The van der Waals surface area contributed by atoms with Gasteiger partial charge >= 0.3 is 0 Å². The van der Waals surface area contributed by atoms with E-state index in [0.717, 1.165) is 25.2 Å². The molecule has 2 aromatic rings. The predicted molar refractivity (Wildman–Crippen MR) is 102 cm³/mol. The van der Waals surface area contributed by atoms with Crippen LogP contribution in [0.5, 0.6) is 0 Å². The van der Waals surface area contributed by atoms with Crippen LogP contribution in [0.1, 0.15) is 27.1 Å². The van der Waals surface area contributed by atoms with E-state index in [9.17, 15) is 9.59 Å². The molecule has 4 N–H and O–H groups in total. The molecule has 7 heteroatoms. The lowest BCUT2D eigenvalue weighted by Gasteiger charge is -2.16. The maximum Gasteiger partial charge on any atom is 0.255 e. The summed E-state index contributed by atoms with van der Waals surface area (Å²) in [6.07, 6.45) is 1.01. The first kappa shape index (κ1) is 17.5. The molecule has 7 nitrogen and oxygen atoms in total. The molecule has 0 atom stereocenters. The van der Waals surface area contributed by atoms with E-state index in [4.69, 9.17) is 0 Å². The van der Waals surface area contributed by atoms with Crippen LogP contribution in [0.3, 0.4) is 0 Å². The highest BCUT2D eigenvalue weighted by Gasteiger charge is 2.10. The van der Waals surface area contributed by atoms with Gasteiger partial charge in [-0.05, 0) is 42.8 Å². The number of nitrogens with one attached hydrogen (secondary N) is 4. The third-order valence-corrected chi connectivity index (χ3v) is 3.82. The Balaban J connectivity index is 1.71. The molecule has 2 aromatic carbocycles. The van der Waals surface area contributed by atoms with Gasteiger partial charge in [-0.25, -0.2) is 0 Å². The first-order valence-electron chi connectivity index (χ1n) is 8.36. The predicted octanol–water partition coefficient (Wildman–Crippen LogP) is 1.86. The van der Waals surface area contributed by atoms with E-state index < -0.39 is 0 Å². The van der Waals surface area contributed by atoms with Gasteiger partial charge in [-0.2, -0.15) is 0 Å². The van der Waals surface area contributed by atoms with Crippen molar-refractivity contribution in [1.29, 1.82) is 0 Å². The number of anilines is 2. The van der Waals surface area contributed by atoms with Crippen molar-refractivity contribution in [2.75, 3.05) is 30.8 Å². The molecule has 2 amide bonds. The summed E-state index contributed by atoms with van der Waals surface area (Å²) in [5.41, 5.74) is 2.17. The molecular weight excluding hydrogens is 330 g/mol. The smallest absolute Gasteiger partial charge is 0.255 e. The highest BCUT2D eigenvalue weighted by Crippen LogP contribution is 2.15. The maximum absolute atomic E-state index is 12.5. The van der Waals surface area contributed by atoms with Gasteiger partial charge in [0, 0.05) is 42.6 Å². The van der Waals surface area contributed by atoms with Gasteiger partial charge in [-0.1, -0.05) is 12.1 Å². The molecule has 0 aliphatic carbocycles. The number of hydrogen-bond donors (Lipinski definition) is 4. The number of nitrogens with zero attached hydrogens (tertiary/aromatic N) is 1. The Hall–Kier alpha value is -3.35. The SMILES string of the molecule is CNC(=O)c1[c]ccc(NC(=O)c2cccc(NC3=NCCCN3)c2)c1. The van der Waals surface area contributed by atoms with Crippen LogP contribution in [0, 0.1) is 6.07 Å². The van der Waals surface area contributed by atoms with Crippen molar-refractivity contribution in [3.05, 3.63) is 59.7 Å². The summed E-state index contributed by atoms with van der Waals surface area (Å²) in [7, 11) is 1.55. The highest BCUT2D eigenvalue weighted by molar-refractivity contribution is 6.06. The molecule has 0 spiro atoms. The van der Waals surface area contributed by atoms with E-state index in [1.54, 1.807) is 43.4 Å². The average Bonchev–Trinajstić information content (AvgIpc) is 2.68. The second-order valence-electron chi connectivity index (χ2n) is 5.74. The minimum Gasteiger partial charge on any atom is -0.356 e. The summed E-state index contributed by atoms with van der Waals surface area (Å²) in [5, 5.41) is 11.7. The second-order valence-corrected chi connectivity index (χ2v) is 5.74. The van der Waals surface area contributed by atoms with Crippen molar-refractivity contribution in [3.63, 3.8) is 0 Å². The van der Waals surface area contributed by atoms with Gasteiger partial charge in [0.2, 0.25) is 0 Å². The molecule has 133 valence electrons. The first-order valence-corrected chi connectivity index (χ1v) is 8.36. The molecule has 1 aliphatic heterocycles. The van der Waals surface area contributed by atoms with E-state index in [1.807, 2.05) is 6.07 Å². The van der Waals surface area contributed by atoms with Gasteiger partial charge in [0.05, 0.1) is 0 Å². The van der Waals surface area contributed by atoms with Crippen LogP contribution in [0.15, 0.2) is 47.5 Å². The summed E-state index contributed by atoms with van der Waals surface area (Å²) < 4.78 is 0. The van der Waals surface area contributed by atoms with Crippen molar-refractivity contribution in [3.8, 4) is 0 Å². The van der Waals surface area contributed by atoms with Crippen molar-refractivity contribution >= 4 is 29.1 Å². The Morgan fingerprint density at radius 3 is 2.81 bits per heavy atom. The van der Waals surface area contributed by atoms with Crippen LogP contribution in [0.2, 0.25) is 0 Å². The zero-order valence-electron chi connectivity index (χ0n) is 14.4. The molecule has 0 saturated heterocycles. The fraction of sp³-hybridized carbons (Fsp3) is 0.211. The molecule has 0 bridgehead atoms. The molecule has 1 radical (unpaired) electrons. The van der Waals surface area contributed by atoms with Gasteiger partial charge in [0.25, 0.3) is 11.8 Å². The zero-order valence-corrected chi connectivity index (χ0v) is 14.4. The summed E-state index contributed by atoms with van der Waals surface area (Å²) in [5.74, 6) is 0.192. The van der Waals surface area contributed by atoms with Gasteiger partial charge in [0.1, 0.15) is 0 Å². The van der Waals surface area contributed by atoms with Crippen LogP contribution in [0.25, 0.3) is 0 Å². The number of amides is 2. The van der Waals surface area contributed by atoms with E-state index in [1.165, 1.54) is 0 Å². The van der Waals surface area contributed by atoms with Crippen molar-refractivity contribution in [2.45, 2.75) is 6.42 Å². The lowest BCUT2D eigenvalue weighted by molar-refractivity contribution is 0.0961. The molecular formula is C19H20N5O2. The Morgan fingerprint density at radius 2 is 2.04 bits per heavy atom. The van der Waals surface area contributed by atoms with E-state index >= 15 is 0 Å². The topological polar surface area (TPSA) is 94.6 Å². The Labute approximate surface area is 151 Å². The van der Waals surface area contributed by atoms with Crippen LogP contribution in [0.4, 0.5) is 11.4 Å². The van der Waals surface area contributed by atoms with Gasteiger partial charge in [-0.15, -0.1) is 0 Å². The van der Waals surface area contributed by atoms with E-state index in [0.29, 0.717) is 22.8 Å². The summed E-state index contributed by atoms with van der Waals surface area (Å²) >= 11 is 0. The fourth-order valence-corrected chi connectivity index (χ4v) is 2.50. The van der Waals surface area contributed by atoms with Gasteiger partial charge in [-0.3, -0.25) is 14.6 Å². The number of guanidine groups is 1. The molecule has 1 heterocycles. The summed E-state index contributed by atoms with van der Waals surface area (Å²) in [6, 6.07) is 14.9. The number of aliphatic imine (C=N–C) groups is 1. The van der Waals surface area contributed by atoms with Crippen molar-refractivity contribution in [1.82, 2.24) is 10.6 Å². The summed E-state index contributed by atoms with van der Waals surface area (Å²) in [4.78, 5) is 28.5. The molecule has 0 aromatic heterocycles. The molecule has 0 saturated carbocycles. The largest absolute Gasteiger partial charge is 0.356 e. The lowest BCUT2D eigenvalue weighted by atomic mass is 10.1. The molecule has 26 heavy (non-hydrogen) atoms. The minimum absolute atomic E-state index is 0.256.